The summed E-state index contributed by atoms with van der Waals surface area (Å²) in [5.41, 5.74) is 10.7. The van der Waals surface area contributed by atoms with Crippen LogP contribution in [0.4, 0.5) is 0 Å². The van der Waals surface area contributed by atoms with Gasteiger partial charge >= 0.3 is 0 Å². The van der Waals surface area contributed by atoms with Crippen LogP contribution in [0.15, 0.2) is 29.3 Å². The molecule has 0 atom stereocenters. The minimum Gasteiger partial charge on any atom is -0.330 e. The highest BCUT2D eigenvalue weighted by Crippen LogP contribution is 2.28. The maximum atomic E-state index is 5.69. The number of aryl methyl sites for hydroxylation is 3. The smallest absolute Gasteiger partial charge is 0.0975 e. The van der Waals surface area contributed by atoms with Gasteiger partial charge in [-0.2, -0.15) is 5.10 Å². The van der Waals surface area contributed by atoms with Crippen LogP contribution in [-0.2, 0) is 19.2 Å². The molecule has 0 unspecified atom stereocenters. The van der Waals surface area contributed by atoms with Crippen LogP contribution in [0.25, 0.3) is 0 Å². The van der Waals surface area contributed by atoms with E-state index in [-0.39, 0.29) is 0 Å². The molecular formula is C15H21N3S. The summed E-state index contributed by atoms with van der Waals surface area (Å²) in [5, 5.41) is 5.74. The summed E-state index contributed by atoms with van der Waals surface area (Å²) < 4.78 is 1.97. The molecule has 0 saturated heterocycles. The van der Waals surface area contributed by atoms with E-state index in [0.29, 0.717) is 6.54 Å². The molecule has 0 aliphatic carbocycles. The average molecular weight is 275 g/mol. The Kier molecular flexibility index (Phi) is 4.66. The molecule has 2 aromatic rings. The summed E-state index contributed by atoms with van der Waals surface area (Å²) in [6, 6.07) is 8.65. The van der Waals surface area contributed by atoms with E-state index in [1.807, 2.05) is 23.5 Å². The third kappa shape index (κ3) is 3.39. The topological polar surface area (TPSA) is 43.8 Å². The lowest BCUT2D eigenvalue weighted by Gasteiger charge is -2.06. The second-order valence-electron chi connectivity index (χ2n) is 4.81. The van der Waals surface area contributed by atoms with Gasteiger partial charge in [0.25, 0.3) is 0 Å². The van der Waals surface area contributed by atoms with E-state index >= 15 is 0 Å². The van der Waals surface area contributed by atoms with Gasteiger partial charge in [0.1, 0.15) is 0 Å². The van der Waals surface area contributed by atoms with Crippen molar-refractivity contribution in [3.8, 4) is 0 Å². The van der Waals surface area contributed by atoms with Crippen molar-refractivity contribution in [2.24, 2.45) is 12.8 Å². The predicted molar refractivity (Wildman–Crippen MR) is 81.4 cm³/mol. The molecule has 0 bridgehead atoms. The van der Waals surface area contributed by atoms with Crippen molar-refractivity contribution >= 4 is 11.8 Å². The quantitative estimate of drug-likeness (QED) is 0.853. The number of aromatic nitrogens is 2. The maximum absolute atomic E-state index is 5.69. The molecule has 102 valence electrons. The fraction of sp³-hybridized carbons (Fsp3) is 0.400. The minimum atomic E-state index is 0.671. The van der Waals surface area contributed by atoms with Crippen LogP contribution in [-0.4, -0.2) is 16.3 Å². The molecule has 4 heteroatoms. The molecular weight excluding hydrogens is 254 g/mol. The third-order valence-corrected chi connectivity index (χ3v) is 4.40. The van der Waals surface area contributed by atoms with Gasteiger partial charge in [-0.1, -0.05) is 29.8 Å². The zero-order chi connectivity index (χ0) is 13.8. The molecule has 0 aliphatic rings. The first-order valence-corrected chi connectivity index (χ1v) is 7.51. The van der Waals surface area contributed by atoms with E-state index in [9.17, 15) is 0 Å². The van der Waals surface area contributed by atoms with Crippen molar-refractivity contribution in [1.29, 1.82) is 0 Å². The molecule has 0 fully saturated rings. The maximum Gasteiger partial charge on any atom is 0.0975 e. The summed E-state index contributed by atoms with van der Waals surface area (Å²) in [4.78, 5) is 0. The Hall–Kier alpha value is -1.26. The summed E-state index contributed by atoms with van der Waals surface area (Å²) >= 11 is 1.84. The SMILES string of the molecule is Cc1cccc(CSc2c(CCN)c(C)nn2C)c1. The first kappa shape index (κ1) is 14.2. The monoisotopic (exact) mass is 275 g/mol. The number of rotatable bonds is 5. The molecule has 19 heavy (non-hydrogen) atoms. The Morgan fingerprint density at radius 2 is 2.11 bits per heavy atom. The molecule has 0 spiro atoms. The third-order valence-electron chi connectivity index (χ3n) is 3.14. The first-order valence-electron chi connectivity index (χ1n) is 6.52. The lowest BCUT2D eigenvalue weighted by Crippen LogP contribution is -2.04. The first-order chi connectivity index (χ1) is 9.11. The molecule has 0 radical (unpaired) electrons. The lowest BCUT2D eigenvalue weighted by molar-refractivity contribution is 0.688. The van der Waals surface area contributed by atoms with Gasteiger partial charge in [-0.25, -0.2) is 0 Å². The molecule has 3 nitrogen and oxygen atoms in total. The second kappa shape index (κ2) is 6.26. The van der Waals surface area contributed by atoms with Gasteiger partial charge in [-0.15, -0.1) is 11.8 Å². The highest BCUT2D eigenvalue weighted by molar-refractivity contribution is 7.98. The van der Waals surface area contributed by atoms with Gasteiger partial charge < -0.3 is 5.73 Å². The van der Waals surface area contributed by atoms with Crippen LogP contribution in [0.3, 0.4) is 0 Å². The minimum absolute atomic E-state index is 0.671. The summed E-state index contributed by atoms with van der Waals surface area (Å²) in [6.07, 6.45) is 0.899. The summed E-state index contributed by atoms with van der Waals surface area (Å²) in [6.45, 7) is 4.86. The molecule has 0 aliphatic heterocycles. The highest BCUT2D eigenvalue weighted by Gasteiger charge is 2.12. The van der Waals surface area contributed by atoms with Gasteiger partial charge in [-0.3, -0.25) is 4.68 Å². The number of hydrogen-bond donors (Lipinski definition) is 1. The van der Waals surface area contributed by atoms with Crippen LogP contribution in [0.1, 0.15) is 22.4 Å². The summed E-state index contributed by atoms with van der Waals surface area (Å²) in [5.74, 6) is 0.970. The van der Waals surface area contributed by atoms with Crippen LogP contribution < -0.4 is 5.73 Å². The van der Waals surface area contributed by atoms with Crippen LogP contribution in [0.5, 0.6) is 0 Å². The molecule has 2 rings (SSSR count). The lowest BCUT2D eigenvalue weighted by atomic mass is 10.2. The van der Waals surface area contributed by atoms with Crippen LogP contribution >= 0.6 is 11.8 Å². The number of thioether (sulfide) groups is 1. The van der Waals surface area contributed by atoms with E-state index in [1.54, 1.807) is 0 Å². The molecule has 0 saturated carbocycles. The van der Waals surface area contributed by atoms with E-state index in [1.165, 1.54) is 21.7 Å². The van der Waals surface area contributed by atoms with Crippen molar-refractivity contribution in [1.82, 2.24) is 9.78 Å². The van der Waals surface area contributed by atoms with Gasteiger partial charge in [0.05, 0.1) is 10.7 Å². The van der Waals surface area contributed by atoms with Gasteiger partial charge in [0, 0.05) is 18.4 Å². The predicted octanol–water partition coefficient (Wildman–Crippen LogP) is 2.83. The molecule has 2 N–H and O–H groups in total. The normalized spacial score (nSPS) is 10.9. The van der Waals surface area contributed by atoms with E-state index < -0.39 is 0 Å². The molecule has 1 heterocycles. The van der Waals surface area contributed by atoms with Crippen molar-refractivity contribution in [3.63, 3.8) is 0 Å². The molecule has 1 aromatic heterocycles. The Morgan fingerprint density at radius 3 is 2.79 bits per heavy atom. The van der Waals surface area contributed by atoms with Gasteiger partial charge in [0.15, 0.2) is 0 Å². The van der Waals surface area contributed by atoms with Crippen molar-refractivity contribution in [3.05, 3.63) is 46.6 Å². The average Bonchev–Trinajstić information content (AvgIpc) is 2.63. The zero-order valence-electron chi connectivity index (χ0n) is 11.8. The van der Waals surface area contributed by atoms with Crippen molar-refractivity contribution in [2.45, 2.75) is 31.0 Å². The largest absolute Gasteiger partial charge is 0.330 e. The van der Waals surface area contributed by atoms with E-state index in [4.69, 9.17) is 5.73 Å². The highest BCUT2D eigenvalue weighted by atomic mass is 32.2. The van der Waals surface area contributed by atoms with Crippen LogP contribution in [0.2, 0.25) is 0 Å². The van der Waals surface area contributed by atoms with Crippen molar-refractivity contribution < 1.29 is 0 Å². The van der Waals surface area contributed by atoms with Gasteiger partial charge in [0.2, 0.25) is 0 Å². The Balaban J connectivity index is 2.15. The summed E-state index contributed by atoms with van der Waals surface area (Å²) in [7, 11) is 2.01. The molecule has 1 aromatic carbocycles. The number of hydrogen-bond acceptors (Lipinski definition) is 3. The molecule has 0 amide bonds. The Morgan fingerprint density at radius 1 is 1.32 bits per heavy atom. The second-order valence-corrected chi connectivity index (χ2v) is 5.77. The van der Waals surface area contributed by atoms with E-state index in [2.05, 4.69) is 43.2 Å². The number of nitrogens with two attached hydrogens (primary N) is 1. The Labute approximate surface area is 119 Å². The Bertz CT molecular complexity index is 561. The zero-order valence-corrected chi connectivity index (χ0v) is 12.6. The number of benzene rings is 1. The fourth-order valence-electron chi connectivity index (χ4n) is 2.25. The van der Waals surface area contributed by atoms with Gasteiger partial charge in [-0.05, 0) is 32.4 Å². The standard InChI is InChI=1S/C15H21N3S/c1-11-5-4-6-13(9-11)10-19-15-14(7-8-16)12(2)17-18(15)3/h4-6,9H,7-8,10,16H2,1-3H3. The van der Waals surface area contributed by atoms with Crippen LogP contribution in [0, 0.1) is 13.8 Å². The van der Waals surface area contributed by atoms with Crippen molar-refractivity contribution in [2.75, 3.05) is 6.54 Å². The van der Waals surface area contributed by atoms with E-state index in [0.717, 1.165) is 17.9 Å². The number of nitrogens with zero attached hydrogens (tertiary/aromatic N) is 2. The fourth-order valence-corrected chi connectivity index (χ4v) is 3.38.